The zero-order valence-corrected chi connectivity index (χ0v) is 17.4. The smallest absolute Gasteiger partial charge is 0.176 e. The minimum absolute atomic E-state index is 0.290. The van der Waals surface area contributed by atoms with Crippen molar-refractivity contribution in [2.24, 2.45) is 4.99 Å². The number of aromatic amines is 1. The van der Waals surface area contributed by atoms with Crippen LogP contribution in [-0.4, -0.2) is 39.3 Å². The van der Waals surface area contributed by atoms with Crippen LogP contribution in [-0.2, 0) is 13.0 Å². The van der Waals surface area contributed by atoms with E-state index in [0.29, 0.717) is 18.5 Å². The summed E-state index contributed by atoms with van der Waals surface area (Å²) in [5.74, 6) is 2.57. The molecule has 29 heavy (non-hydrogen) atoms. The van der Waals surface area contributed by atoms with E-state index in [1.54, 1.807) is 7.11 Å². The average molecular weight is 396 g/mol. The van der Waals surface area contributed by atoms with Gasteiger partial charge >= 0.3 is 0 Å². The fourth-order valence-corrected chi connectivity index (χ4v) is 3.89. The highest BCUT2D eigenvalue weighted by Crippen LogP contribution is 2.31. The van der Waals surface area contributed by atoms with Gasteiger partial charge in [-0.25, -0.2) is 9.97 Å². The molecule has 1 N–H and O–H groups in total. The summed E-state index contributed by atoms with van der Waals surface area (Å²) in [4.78, 5) is 17.3. The molecule has 0 spiro atoms. The monoisotopic (exact) mass is 395 g/mol. The van der Waals surface area contributed by atoms with Crippen molar-refractivity contribution in [2.45, 2.75) is 58.6 Å². The van der Waals surface area contributed by atoms with E-state index in [9.17, 15) is 0 Å². The Morgan fingerprint density at radius 2 is 2.07 bits per heavy atom. The van der Waals surface area contributed by atoms with Crippen molar-refractivity contribution >= 4 is 11.2 Å². The molecular formula is C22H29N5O2. The van der Waals surface area contributed by atoms with Gasteiger partial charge in [-0.2, -0.15) is 0 Å². The molecule has 0 bridgehead atoms. The highest BCUT2D eigenvalue weighted by atomic mass is 16.5. The third-order valence-electron chi connectivity index (χ3n) is 5.43. The summed E-state index contributed by atoms with van der Waals surface area (Å²) in [5, 5.41) is 0. The number of fused-ring (bicyclic) bond motifs is 1. The van der Waals surface area contributed by atoms with Crippen molar-refractivity contribution in [3.63, 3.8) is 0 Å². The van der Waals surface area contributed by atoms with Crippen molar-refractivity contribution in [1.82, 2.24) is 19.5 Å². The van der Waals surface area contributed by atoms with Gasteiger partial charge in [0.25, 0.3) is 0 Å². The van der Waals surface area contributed by atoms with E-state index in [4.69, 9.17) is 14.5 Å². The molecule has 4 rings (SSSR count). The number of aryl methyl sites for hydroxylation is 1. The molecule has 3 aromatic rings. The van der Waals surface area contributed by atoms with Crippen LogP contribution in [0.2, 0.25) is 0 Å². The van der Waals surface area contributed by atoms with Gasteiger partial charge in [0.15, 0.2) is 11.1 Å². The fourth-order valence-electron chi connectivity index (χ4n) is 3.89. The molecule has 1 aromatic carbocycles. The van der Waals surface area contributed by atoms with Crippen LogP contribution in [0.25, 0.3) is 11.2 Å². The summed E-state index contributed by atoms with van der Waals surface area (Å²) in [7, 11) is 1.68. The van der Waals surface area contributed by atoms with Gasteiger partial charge in [0.2, 0.25) is 0 Å². The highest BCUT2D eigenvalue weighted by Gasteiger charge is 2.19. The lowest BCUT2D eigenvalue weighted by Gasteiger charge is -2.17. The number of H-pyrrole nitrogens is 1. The minimum atomic E-state index is 0.290. The zero-order chi connectivity index (χ0) is 20.2. The van der Waals surface area contributed by atoms with E-state index in [1.165, 1.54) is 12.8 Å². The van der Waals surface area contributed by atoms with Gasteiger partial charge < -0.3 is 19.0 Å². The predicted octanol–water partition coefficient (Wildman–Crippen LogP) is 3.62. The Hall–Kier alpha value is -2.83. The number of rotatable bonds is 7. The number of aromatic nitrogens is 4. The molecular weight excluding hydrogens is 366 g/mol. The lowest BCUT2D eigenvalue weighted by Crippen LogP contribution is -2.14. The third-order valence-corrected chi connectivity index (χ3v) is 5.43. The van der Waals surface area contributed by atoms with Crippen molar-refractivity contribution in [3.8, 4) is 11.5 Å². The fraction of sp³-hybridized carbons (Fsp3) is 0.500. The maximum absolute atomic E-state index is 6.34. The number of imidazole rings is 1. The van der Waals surface area contributed by atoms with Gasteiger partial charge in [0.05, 0.1) is 19.5 Å². The third kappa shape index (κ3) is 4.13. The molecule has 7 heteroatoms. The Morgan fingerprint density at radius 1 is 1.24 bits per heavy atom. The van der Waals surface area contributed by atoms with Gasteiger partial charge in [0, 0.05) is 31.1 Å². The van der Waals surface area contributed by atoms with Crippen molar-refractivity contribution in [3.05, 3.63) is 41.4 Å². The van der Waals surface area contributed by atoms with Crippen LogP contribution < -0.4 is 15.0 Å². The Bertz CT molecular complexity index is 1050. The molecule has 0 atom stereocenters. The number of nitrogens with one attached hydrogen (secondary N) is 1. The number of hydrogen-bond acceptors (Lipinski definition) is 5. The Kier molecular flexibility index (Phi) is 5.83. The second-order valence-electron chi connectivity index (χ2n) is 7.39. The Labute approximate surface area is 170 Å². The first-order valence-corrected chi connectivity index (χ1v) is 10.5. The van der Waals surface area contributed by atoms with Crippen LogP contribution >= 0.6 is 0 Å². The van der Waals surface area contributed by atoms with Crippen molar-refractivity contribution < 1.29 is 9.47 Å². The molecule has 1 fully saturated rings. The van der Waals surface area contributed by atoms with Crippen molar-refractivity contribution in [1.29, 1.82) is 0 Å². The van der Waals surface area contributed by atoms with Crippen LogP contribution in [0.4, 0.5) is 0 Å². The molecule has 7 nitrogen and oxygen atoms in total. The van der Waals surface area contributed by atoms with Gasteiger partial charge in [-0.1, -0.05) is 6.07 Å². The summed E-state index contributed by atoms with van der Waals surface area (Å²) in [5.41, 5.74) is 3.58. The Balaban J connectivity index is 1.70. The van der Waals surface area contributed by atoms with E-state index >= 15 is 0 Å². The normalized spacial score (nSPS) is 15.3. The quantitative estimate of drug-likeness (QED) is 0.663. The van der Waals surface area contributed by atoms with Crippen LogP contribution in [0.1, 0.15) is 50.9 Å². The molecule has 1 aliphatic rings. The van der Waals surface area contributed by atoms with Gasteiger partial charge in [-0.15, -0.1) is 0 Å². The number of methoxy groups -OCH3 is 1. The van der Waals surface area contributed by atoms with Crippen LogP contribution in [0, 0.1) is 0 Å². The first-order valence-electron chi connectivity index (χ1n) is 10.5. The molecule has 0 saturated heterocycles. The standard InChI is InChI=1S/C22H29N5O2/c1-4-23-21-20-22(27(5-2)14-24-21)26-19(25-20)12-15-10-11-17(28-3)13-18(15)29-16-8-6-7-9-16/h10-11,13-14,16H,4-9,12H2,1-3H3,(H,25,26). The van der Waals surface area contributed by atoms with E-state index in [-0.39, 0.29) is 6.10 Å². The molecule has 0 amide bonds. The molecule has 0 radical (unpaired) electrons. The summed E-state index contributed by atoms with van der Waals surface area (Å²) in [6.45, 7) is 5.59. The molecule has 1 aliphatic carbocycles. The molecule has 0 aliphatic heterocycles. The van der Waals surface area contributed by atoms with Gasteiger partial charge in [0.1, 0.15) is 22.8 Å². The zero-order valence-electron chi connectivity index (χ0n) is 17.4. The summed E-state index contributed by atoms with van der Waals surface area (Å²) in [6.07, 6.45) is 7.46. The number of ether oxygens (including phenoxy) is 2. The van der Waals surface area contributed by atoms with Gasteiger partial charge in [-0.3, -0.25) is 4.99 Å². The van der Waals surface area contributed by atoms with Crippen LogP contribution in [0.3, 0.4) is 0 Å². The Morgan fingerprint density at radius 3 is 2.79 bits per heavy atom. The second kappa shape index (κ2) is 8.68. The summed E-state index contributed by atoms with van der Waals surface area (Å²) in [6, 6.07) is 6.03. The first-order chi connectivity index (χ1) is 14.2. The number of benzene rings is 1. The lowest BCUT2D eigenvalue weighted by atomic mass is 10.1. The molecule has 0 unspecified atom stereocenters. The largest absolute Gasteiger partial charge is 0.497 e. The van der Waals surface area contributed by atoms with E-state index in [0.717, 1.165) is 53.4 Å². The highest BCUT2D eigenvalue weighted by molar-refractivity contribution is 5.69. The molecule has 1 saturated carbocycles. The van der Waals surface area contributed by atoms with E-state index in [2.05, 4.69) is 28.0 Å². The summed E-state index contributed by atoms with van der Waals surface area (Å²) < 4.78 is 13.8. The first kappa shape index (κ1) is 19.5. The summed E-state index contributed by atoms with van der Waals surface area (Å²) >= 11 is 0. The van der Waals surface area contributed by atoms with E-state index < -0.39 is 0 Å². The SMILES string of the molecule is CCN=c1ncn(CC)c2nc(Cc3ccc(OC)cc3OC3CCCC3)[nH]c12. The molecule has 154 valence electrons. The van der Waals surface area contributed by atoms with Crippen LogP contribution in [0.15, 0.2) is 29.5 Å². The number of hydrogen-bond donors (Lipinski definition) is 1. The molecule has 2 heterocycles. The lowest BCUT2D eigenvalue weighted by molar-refractivity contribution is 0.207. The predicted molar refractivity (Wildman–Crippen MR) is 112 cm³/mol. The number of nitrogens with zero attached hydrogens (tertiary/aromatic N) is 4. The van der Waals surface area contributed by atoms with Gasteiger partial charge in [-0.05, 0) is 45.6 Å². The topological polar surface area (TPSA) is 77.3 Å². The van der Waals surface area contributed by atoms with Crippen LogP contribution in [0.5, 0.6) is 11.5 Å². The molecule has 2 aromatic heterocycles. The second-order valence-corrected chi connectivity index (χ2v) is 7.39. The average Bonchev–Trinajstić information content (AvgIpc) is 3.39. The maximum atomic E-state index is 6.34. The van der Waals surface area contributed by atoms with Crippen molar-refractivity contribution in [2.75, 3.05) is 13.7 Å². The minimum Gasteiger partial charge on any atom is -0.497 e. The van der Waals surface area contributed by atoms with E-state index in [1.807, 2.05) is 30.0 Å². The maximum Gasteiger partial charge on any atom is 0.176 e.